The summed E-state index contributed by atoms with van der Waals surface area (Å²) >= 11 is 0. The maximum absolute atomic E-state index is 12.4. The molecule has 7 heteroatoms. The van der Waals surface area contributed by atoms with Crippen LogP contribution in [0.25, 0.3) is 0 Å². The van der Waals surface area contributed by atoms with Crippen LogP contribution < -0.4 is 15.4 Å². The first-order valence-corrected chi connectivity index (χ1v) is 8.38. The number of rotatable bonds is 7. The third kappa shape index (κ3) is 5.83. The molecule has 2 N–H and O–H groups in total. The van der Waals surface area contributed by atoms with E-state index in [4.69, 9.17) is 10.00 Å². The number of benzene rings is 2. The summed E-state index contributed by atoms with van der Waals surface area (Å²) in [4.78, 5) is 26.3. The Labute approximate surface area is 158 Å². The van der Waals surface area contributed by atoms with Crippen molar-refractivity contribution in [1.29, 1.82) is 5.26 Å². The highest BCUT2D eigenvalue weighted by atomic mass is 16.5. The van der Waals surface area contributed by atoms with Crippen molar-refractivity contribution in [2.75, 3.05) is 31.3 Å². The minimum absolute atomic E-state index is 0.0457. The SMILES string of the molecule is COc1cccc(NC(=O)CN(C)C(C)C(=O)Nc2cccc(C#N)c2)c1. The van der Waals surface area contributed by atoms with E-state index in [0.717, 1.165) is 0 Å². The predicted molar refractivity (Wildman–Crippen MR) is 104 cm³/mol. The van der Waals surface area contributed by atoms with E-state index in [9.17, 15) is 9.59 Å². The van der Waals surface area contributed by atoms with Crippen LogP contribution in [0.3, 0.4) is 0 Å². The van der Waals surface area contributed by atoms with Crippen LogP contribution in [0.2, 0.25) is 0 Å². The standard InChI is InChI=1S/C20H22N4O3/c1-14(20(26)23-16-7-4-6-15(10-16)12-21)24(2)13-19(25)22-17-8-5-9-18(11-17)27-3/h4-11,14H,13H2,1-3H3,(H,22,25)(H,23,26). The molecule has 0 heterocycles. The summed E-state index contributed by atoms with van der Waals surface area (Å²) in [6, 6.07) is 15.2. The van der Waals surface area contributed by atoms with Gasteiger partial charge in [-0.3, -0.25) is 14.5 Å². The van der Waals surface area contributed by atoms with Crippen LogP contribution in [-0.4, -0.2) is 43.5 Å². The monoisotopic (exact) mass is 366 g/mol. The molecule has 0 fully saturated rings. The molecule has 2 rings (SSSR count). The lowest BCUT2D eigenvalue weighted by Crippen LogP contribution is -2.43. The van der Waals surface area contributed by atoms with Gasteiger partial charge in [-0.2, -0.15) is 5.26 Å². The van der Waals surface area contributed by atoms with Gasteiger partial charge in [0.15, 0.2) is 0 Å². The highest BCUT2D eigenvalue weighted by Crippen LogP contribution is 2.16. The number of anilines is 2. The number of carbonyl (C=O) groups excluding carboxylic acids is 2. The maximum Gasteiger partial charge on any atom is 0.241 e. The number of hydrogen-bond acceptors (Lipinski definition) is 5. The number of ether oxygens (including phenoxy) is 1. The van der Waals surface area contributed by atoms with Gasteiger partial charge in [-0.05, 0) is 44.3 Å². The Bertz CT molecular complexity index is 860. The smallest absolute Gasteiger partial charge is 0.241 e. The Morgan fingerprint density at radius 1 is 1.15 bits per heavy atom. The highest BCUT2D eigenvalue weighted by molar-refractivity contribution is 5.96. The number of nitrogens with zero attached hydrogens (tertiary/aromatic N) is 2. The molecule has 0 bridgehead atoms. The Morgan fingerprint density at radius 2 is 1.81 bits per heavy atom. The molecule has 140 valence electrons. The van der Waals surface area contributed by atoms with Crippen molar-refractivity contribution in [3.05, 3.63) is 54.1 Å². The van der Waals surface area contributed by atoms with Gasteiger partial charge in [-0.25, -0.2) is 0 Å². The minimum Gasteiger partial charge on any atom is -0.497 e. The van der Waals surface area contributed by atoms with E-state index in [1.54, 1.807) is 74.5 Å². The number of amides is 2. The summed E-state index contributed by atoms with van der Waals surface area (Å²) in [6.07, 6.45) is 0. The van der Waals surface area contributed by atoms with Gasteiger partial charge in [-0.1, -0.05) is 12.1 Å². The summed E-state index contributed by atoms with van der Waals surface area (Å²) in [5, 5.41) is 14.5. The lowest BCUT2D eigenvalue weighted by molar-refractivity contribution is -0.122. The lowest BCUT2D eigenvalue weighted by Gasteiger charge is -2.23. The lowest BCUT2D eigenvalue weighted by atomic mass is 10.2. The van der Waals surface area contributed by atoms with Gasteiger partial charge in [0, 0.05) is 17.4 Å². The fourth-order valence-corrected chi connectivity index (χ4v) is 2.38. The van der Waals surface area contributed by atoms with E-state index < -0.39 is 6.04 Å². The molecule has 0 spiro atoms. The van der Waals surface area contributed by atoms with Crippen molar-refractivity contribution in [2.45, 2.75) is 13.0 Å². The zero-order chi connectivity index (χ0) is 19.8. The molecule has 2 aromatic carbocycles. The maximum atomic E-state index is 12.4. The van der Waals surface area contributed by atoms with Crippen molar-refractivity contribution in [3.63, 3.8) is 0 Å². The summed E-state index contributed by atoms with van der Waals surface area (Å²) in [5.74, 6) is 0.146. The normalized spacial score (nSPS) is 11.4. The second-order valence-electron chi connectivity index (χ2n) is 6.05. The Kier molecular flexibility index (Phi) is 6.92. The van der Waals surface area contributed by atoms with Crippen molar-refractivity contribution in [1.82, 2.24) is 4.90 Å². The van der Waals surface area contributed by atoms with Gasteiger partial charge in [0.1, 0.15) is 5.75 Å². The van der Waals surface area contributed by atoms with Crippen LogP contribution in [0.1, 0.15) is 12.5 Å². The zero-order valence-electron chi connectivity index (χ0n) is 15.5. The Hall–Kier alpha value is -3.37. The Balaban J connectivity index is 1.91. The van der Waals surface area contributed by atoms with Crippen molar-refractivity contribution in [3.8, 4) is 11.8 Å². The Morgan fingerprint density at radius 3 is 2.48 bits per heavy atom. The zero-order valence-corrected chi connectivity index (χ0v) is 15.5. The van der Waals surface area contributed by atoms with Crippen LogP contribution in [0, 0.1) is 11.3 Å². The molecule has 2 aromatic rings. The van der Waals surface area contributed by atoms with Crippen molar-refractivity contribution < 1.29 is 14.3 Å². The van der Waals surface area contributed by atoms with Gasteiger partial charge in [-0.15, -0.1) is 0 Å². The molecule has 27 heavy (non-hydrogen) atoms. The molecule has 0 saturated carbocycles. The van der Waals surface area contributed by atoms with Crippen LogP contribution in [0.5, 0.6) is 5.75 Å². The van der Waals surface area contributed by atoms with Crippen molar-refractivity contribution >= 4 is 23.2 Å². The van der Waals surface area contributed by atoms with Gasteiger partial charge >= 0.3 is 0 Å². The third-order valence-corrected chi connectivity index (χ3v) is 4.05. The van der Waals surface area contributed by atoms with Crippen molar-refractivity contribution in [2.24, 2.45) is 0 Å². The number of nitrogens with one attached hydrogen (secondary N) is 2. The molecule has 0 aliphatic heterocycles. The molecule has 0 radical (unpaired) electrons. The number of carbonyl (C=O) groups is 2. The summed E-state index contributed by atoms with van der Waals surface area (Å²) < 4.78 is 5.13. The topological polar surface area (TPSA) is 94.5 Å². The van der Waals surface area contributed by atoms with E-state index >= 15 is 0 Å². The first-order chi connectivity index (χ1) is 12.9. The highest BCUT2D eigenvalue weighted by Gasteiger charge is 2.20. The molecule has 0 aliphatic carbocycles. The van der Waals surface area contributed by atoms with E-state index in [1.807, 2.05) is 6.07 Å². The fraction of sp³-hybridized carbons (Fsp3) is 0.250. The first kappa shape index (κ1) is 19.9. The van der Waals surface area contributed by atoms with Gasteiger partial charge in [0.2, 0.25) is 11.8 Å². The molecule has 1 unspecified atom stereocenters. The van der Waals surface area contributed by atoms with Crippen LogP contribution in [0.15, 0.2) is 48.5 Å². The number of likely N-dealkylation sites (N-methyl/N-ethyl adjacent to an activating group) is 1. The molecule has 0 aromatic heterocycles. The van der Waals surface area contributed by atoms with Crippen LogP contribution in [-0.2, 0) is 9.59 Å². The number of nitriles is 1. The second-order valence-corrected chi connectivity index (χ2v) is 6.05. The second kappa shape index (κ2) is 9.36. The number of methoxy groups -OCH3 is 1. The van der Waals surface area contributed by atoms with Gasteiger partial charge in [0.25, 0.3) is 0 Å². The van der Waals surface area contributed by atoms with E-state index in [2.05, 4.69) is 10.6 Å². The molecule has 7 nitrogen and oxygen atoms in total. The van der Waals surface area contributed by atoms with E-state index in [0.29, 0.717) is 22.7 Å². The van der Waals surface area contributed by atoms with Gasteiger partial charge < -0.3 is 15.4 Å². The number of hydrogen-bond donors (Lipinski definition) is 2. The molecule has 1 atom stereocenters. The molecule has 0 aliphatic rings. The quantitative estimate of drug-likeness (QED) is 0.785. The first-order valence-electron chi connectivity index (χ1n) is 8.38. The minimum atomic E-state index is -0.535. The van der Waals surface area contributed by atoms with E-state index in [1.165, 1.54) is 0 Å². The third-order valence-electron chi connectivity index (χ3n) is 4.05. The van der Waals surface area contributed by atoms with Gasteiger partial charge in [0.05, 0.1) is 31.3 Å². The summed E-state index contributed by atoms with van der Waals surface area (Å²) in [5.41, 5.74) is 1.63. The van der Waals surface area contributed by atoms with Crippen LogP contribution >= 0.6 is 0 Å². The summed E-state index contributed by atoms with van der Waals surface area (Å²) in [6.45, 7) is 1.76. The fourth-order valence-electron chi connectivity index (χ4n) is 2.38. The van der Waals surface area contributed by atoms with E-state index in [-0.39, 0.29) is 18.4 Å². The molecule has 2 amide bonds. The average molecular weight is 366 g/mol. The molecule has 0 saturated heterocycles. The molecular weight excluding hydrogens is 344 g/mol. The summed E-state index contributed by atoms with van der Waals surface area (Å²) in [7, 11) is 3.25. The average Bonchev–Trinajstić information content (AvgIpc) is 2.67. The predicted octanol–water partition coefficient (Wildman–Crippen LogP) is 2.46. The molecular formula is C20H22N4O3. The largest absolute Gasteiger partial charge is 0.497 e. The van der Waals surface area contributed by atoms with Crippen LogP contribution in [0.4, 0.5) is 11.4 Å².